The third-order valence-corrected chi connectivity index (χ3v) is 1.79. The molecule has 12 heavy (non-hydrogen) atoms. The van der Waals surface area contributed by atoms with Gasteiger partial charge in [-0.3, -0.25) is 0 Å². The van der Waals surface area contributed by atoms with Gasteiger partial charge in [0.25, 0.3) is 0 Å². The van der Waals surface area contributed by atoms with Crippen LogP contribution in [0.5, 0.6) is 0 Å². The highest BCUT2D eigenvalue weighted by molar-refractivity contribution is 6.34. The van der Waals surface area contributed by atoms with Gasteiger partial charge in [-0.15, -0.1) is 5.10 Å². The van der Waals surface area contributed by atoms with Crippen molar-refractivity contribution >= 4 is 22.6 Å². The Balaban J connectivity index is 2.82. The van der Waals surface area contributed by atoms with Gasteiger partial charge in [0.1, 0.15) is 6.33 Å². The fourth-order valence-electron chi connectivity index (χ4n) is 0.982. The lowest BCUT2D eigenvalue weighted by Crippen LogP contribution is -2.10. The summed E-state index contributed by atoms with van der Waals surface area (Å²) in [5.74, 6) is 0. The summed E-state index contributed by atoms with van der Waals surface area (Å²) in [6, 6.07) is 0. The fraction of sp³-hybridized carbons (Fsp3) is 0.167. The van der Waals surface area contributed by atoms with Crippen LogP contribution < -0.4 is 5.43 Å². The molecule has 0 aliphatic heterocycles. The van der Waals surface area contributed by atoms with E-state index >= 15 is 0 Å². The standard InChI is InChI=1S/C6H6ClN5/c1-8-12-6-4(5(7)11-12)2-9-3-10-6/h2-3,8H,1H3. The second kappa shape index (κ2) is 2.60. The van der Waals surface area contributed by atoms with Crippen molar-refractivity contribution in [2.24, 2.45) is 0 Å². The van der Waals surface area contributed by atoms with E-state index in [9.17, 15) is 0 Å². The minimum Gasteiger partial charge on any atom is -0.311 e. The van der Waals surface area contributed by atoms with Crippen molar-refractivity contribution in [1.29, 1.82) is 0 Å². The lowest BCUT2D eigenvalue weighted by atomic mass is 10.4. The van der Waals surface area contributed by atoms with Crippen LogP contribution in [0.4, 0.5) is 0 Å². The molecule has 0 aliphatic rings. The first kappa shape index (κ1) is 7.30. The molecule has 0 aliphatic carbocycles. The molecule has 0 aromatic carbocycles. The van der Waals surface area contributed by atoms with Gasteiger partial charge >= 0.3 is 0 Å². The normalized spacial score (nSPS) is 10.5. The molecule has 0 bridgehead atoms. The Labute approximate surface area is 73.3 Å². The molecule has 0 saturated heterocycles. The first-order chi connectivity index (χ1) is 5.83. The van der Waals surface area contributed by atoms with Gasteiger partial charge in [-0.05, 0) is 0 Å². The average molecular weight is 184 g/mol. The molecule has 0 saturated carbocycles. The van der Waals surface area contributed by atoms with Crippen LogP contribution in [-0.4, -0.2) is 26.9 Å². The summed E-state index contributed by atoms with van der Waals surface area (Å²) in [5, 5.41) is 5.12. The van der Waals surface area contributed by atoms with Gasteiger partial charge in [-0.1, -0.05) is 11.6 Å². The molecule has 0 unspecified atom stereocenters. The number of rotatable bonds is 1. The van der Waals surface area contributed by atoms with Crippen LogP contribution >= 0.6 is 11.6 Å². The van der Waals surface area contributed by atoms with E-state index in [1.165, 1.54) is 11.1 Å². The molecule has 0 spiro atoms. The molecule has 62 valence electrons. The molecule has 0 atom stereocenters. The Morgan fingerprint density at radius 2 is 2.42 bits per heavy atom. The SMILES string of the molecule is CNn1nc(Cl)c2cncnc21. The van der Waals surface area contributed by atoms with Crippen molar-refractivity contribution in [2.45, 2.75) is 0 Å². The molecule has 6 heteroatoms. The van der Waals surface area contributed by atoms with E-state index in [0.717, 1.165) is 5.39 Å². The van der Waals surface area contributed by atoms with E-state index < -0.39 is 0 Å². The lowest BCUT2D eigenvalue weighted by molar-refractivity contribution is 0.799. The second-order valence-electron chi connectivity index (χ2n) is 2.19. The van der Waals surface area contributed by atoms with Crippen LogP contribution in [0, 0.1) is 0 Å². The Bertz CT molecular complexity index is 409. The minimum atomic E-state index is 0.403. The number of hydrogen-bond acceptors (Lipinski definition) is 4. The van der Waals surface area contributed by atoms with E-state index in [-0.39, 0.29) is 0 Å². The summed E-state index contributed by atoms with van der Waals surface area (Å²) in [6.07, 6.45) is 3.08. The number of fused-ring (bicyclic) bond motifs is 1. The van der Waals surface area contributed by atoms with Gasteiger partial charge in [0, 0.05) is 13.2 Å². The Kier molecular flexibility index (Phi) is 1.58. The van der Waals surface area contributed by atoms with Crippen LogP contribution in [0.25, 0.3) is 11.0 Å². The quantitative estimate of drug-likeness (QED) is 0.706. The highest BCUT2D eigenvalue weighted by Crippen LogP contribution is 2.17. The average Bonchev–Trinajstić information content (AvgIpc) is 2.44. The summed E-state index contributed by atoms with van der Waals surface area (Å²) in [4.78, 5) is 9.36. The number of nitrogens with zero attached hydrogens (tertiary/aromatic N) is 4. The summed E-state index contributed by atoms with van der Waals surface area (Å²) in [5.41, 5.74) is 3.50. The molecule has 2 rings (SSSR count). The third-order valence-electron chi connectivity index (χ3n) is 1.51. The smallest absolute Gasteiger partial charge is 0.185 e. The summed E-state index contributed by atoms with van der Waals surface area (Å²) < 4.78 is 0. The molecule has 0 fully saturated rings. The summed E-state index contributed by atoms with van der Waals surface area (Å²) in [7, 11) is 1.74. The highest BCUT2D eigenvalue weighted by Gasteiger charge is 2.07. The van der Waals surface area contributed by atoms with Gasteiger partial charge in [-0.25, -0.2) is 9.97 Å². The fourth-order valence-corrected chi connectivity index (χ4v) is 1.19. The lowest BCUT2D eigenvalue weighted by Gasteiger charge is -1.96. The first-order valence-corrected chi connectivity index (χ1v) is 3.72. The van der Waals surface area contributed by atoms with E-state index in [1.54, 1.807) is 13.2 Å². The molecule has 2 heterocycles. The summed E-state index contributed by atoms with van der Waals surface area (Å²) >= 11 is 5.80. The van der Waals surface area contributed by atoms with Crippen LogP contribution in [0.15, 0.2) is 12.5 Å². The topological polar surface area (TPSA) is 55.6 Å². The predicted octanol–water partition coefficient (Wildman–Crippen LogP) is 0.653. The van der Waals surface area contributed by atoms with Crippen molar-refractivity contribution in [3.63, 3.8) is 0 Å². The van der Waals surface area contributed by atoms with Crippen molar-refractivity contribution in [1.82, 2.24) is 19.9 Å². The largest absolute Gasteiger partial charge is 0.311 e. The molecule has 5 nitrogen and oxygen atoms in total. The van der Waals surface area contributed by atoms with E-state index in [0.29, 0.717) is 10.8 Å². The molecule has 2 aromatic rings. The maximum absolute atomic E-state index is 5.80. The Morgan fingerprint density at radius 1 is 1.58 bits per heavy atom. The maximum Gasteiger partial charge on any atom is 0.185 e. The number of halogens is 1. The number of nitrogens with one attached hydrogen (secondary N) is 1. The van der Waals surface area contributed by atoms with E-state index in [1.807, 2.05) is 0 Å². The Morgan fingerprint density at radius 3 is 3.17 bits per heavy atom. The monoisotopic (exact) mass is 183 g/mol. The minimum absolute atomic E-state index is 0.403. The first-order valence-electron chi connectivity index (χ1n) is 3.35. The highest BCUT2D eigenvalue weighted by atomic mass is 35.5. The number of hydrogen-bond donors (Lipinski definition) is 1. The van der Waals surface area contributed by atoms with Crippen molar-refractivity contribution in [2.75, 3.05) is 12.5 Å². The molecule has 0 radical (unpaired) electrons. The zero-order valence-corrected chi connectivity index (χ0v) is 7.08. The van der Waals surface area contributed by atoms with Gasteiger partial charge in [0.05, 0.1) is 5.39 Å². The zero-order chi connectivity index (χ0) is 8.55. The van der Waals surface area contributed by atoms with Crippen LogP contribution in [-0.2, 0) is 0 Å². The molecular formula is C6H6ClN5. The summed E-state index contributed by atoms with van der Waals surface area (Å²) in [6.45, 7) is 0. The third kappa shape index (κ3) is 0.902. The van der Waals surface area contributed by atoms with E-state index in [2.05, 4.69) is 20.5 Å². The van der Waals surface area contributed by atoms with Gasteiger partial charge in [-0.2, -0.15) is 4.79 Å². The van der Waals surface area contributed by atoms with Gasteiger partial charge in [0.15, 0.2) is 10.8 Å². The van der Waals surface area contributed by atoms with Gasteiger partial charge < -0.3 is 5.43 Å². The molecule has 0 amide bonds. The van der Waals surface area contributed by atoms with Crippen LogP contribution in [0.3, 0.4) is 0 Å². The van der Waals surface area contributed by atoms with Crippen molar-refractivity contribution < 1.29 is 0 Å². The maximum atomic E-state index is 5.80. The molecular weight excluding hydrogens is 178 g/mol. The molecule has 1 N–H and O–H groups in total. The van der Waals surface area contributed by atoms with Crippen LogP contribution in [0.2, 0.25) is 5.15 Å². The zero-order valence-electron chi connectivity index (χ0n) is 6.32. The number of aromatic nitrogens is 4. The second-order valence-corrected chi connectivity index (χ2v) is 2.54. The van der Waals surface area contributed by atoms with Gasteiger partial charge in [0.2, 0.25) is 0 Å². The predicted molar refractivity (Wildman–Crippen MR) is 45.6 cm³/mol. The molecule has 2 aromatic heterocycles. The Hall–Kier alpha value is -1.36. The van der Waals surface area contributed by atoms with Crippen molar-refractivity contribution in [3.8, 4) is 0 Å². The van der Waals surface area contributed by atoms with Crippen LogP contribution in [0.1, 0.15) is 0 Å². The van der Waals surface area contributed by atoms with E-state index in [4.69, 9.17) is 11.6 Å². The van der Waals surface area contributed by atoms with Crippen molar-refractivity contribution in [3.05, 3.63) is 17.7 Å².